The second-order valence-corrected chi connectivity index (χ2v) is 8.02. The lowest BCUT2D eigenvalue weighted by Crippen LogP contribution is -2.26. The first-order valence-corrected chi connectivity index (χ1v) is 10.4. The number of aryl methyl sites for hydroxylation is 2. The minimum absolute atomic E-state index is 0.0249. The summed E-state index contributed by atoms with van der Waals surface area (Å²) < 4.78 is 1.72. The first kappa shape index (κ1) is 18.4. The minimum atomic E-state index is -0.0682. The fourth-order valence-corrected chi connectivity index (χ4v) is 4.20. The number of fused-ring (bicyclic) bond motifs is 1. The van der Waals surface area contributed by atoms with Crippen molar-refractivity contribution in [2.75, 3.05) is 5.32 Å². The van der Waals surface area contributed by atoms with Crippen molar-refractivity contribution in [2.24, 2.45) is 7.05 Å². The Morgan fingerprint density at radius 1 is 1.27 bits per heavy atom. The molecule has 1 atom stereocenters. The Bertz CT molecular complexity index is 1200. The summed E-state index contributed by atoms with van der Waals surface area (Å²) in [6, 6.07) is 8.22. The van der Waals surface area contributed by atoms with Gasteiger partial charge in [0.1, 0.15) is 4.88 Å². The summed E-state index contributed by atoms with van der Waals surface area (Å²) >= 11 is 1.35. The highest BCUT2D eigenvalue weighted by atomic mass is 32.1. The van der Waals surface area contributed by atoms with Gasteiger partial charge in [-0.05, 0) is 36.1 Å². The third-order valence-corrected chi connectivity index (χ3v) is 5.87. The highest BCUT2D eigenvalue weighted by molar-refractivity contribution is 7.11. The highest BCUT2D eigenvalue weighted by Crippen LogP contribution is 2.34. The maximum atomic E-state index is 12.4. The third-order valence-electron chi connectivity index (χ3n) is 5.09. The second-order valence-electron chi connectivity index (χ2n) is 7.14. The molecule has 1 aliphatic carbocycles. The zero-order valence-corrected chi connectivity index (χ0v) is 17.1. The third kappa shape index (κ3) is 3.67. The van der Waals surface area contributed by atoms with Crippen molar-refractivity contribution in [3.8, 4) is 11.3 Å². The highest BCUT2D eigenvalue weighted by Gasteiger charge is 2.25. The number of nitrogens with zero attached hydrogens (tertiary/aromatic N) is 5. The molecule has 3 heterocycles. The number of benzene rings is 1. The lowest BCUT2D eigenvalue weighted by molar-refractivity contribution is 0.0940. The van der Waals surface area contributed by atoms with E-state index in [2.05, 4.69) is 42.8 Å². The van der Waals surface area contributed by atoms with Crippen LogP contribution in [0.2, 0.25) is 0 Å². The molecular formula is C21H19N7OS. The topological polar surface area (TPSA) is 97.6 Å². The van der Waals surface area contributed by atoms with E-state index >= 15 is 0 Å². The summed E-state index contributed by atoms with van der Waals surface area (Å²) in [4.78, 5) is 25.9. The van der Waals surface area contributed by atoms with Crippen LogP contribution in [-0.2, 0) is 13.5 Å². The molecule has 0 aliphatic heterocycles. The van der Waals surface area contributed by atoms with Crippen molar-refractivity contribution in [3.63, 3.8) is 0 Å². The van der Waals surface area contributed by atoms with E-state index in [1.54, 1.807) is 28.8 Å². The van der Waals surface area contributed by atoms with Crippen LogP contribution in [0.5, 0.6) is 0 Å². The first-order valence-electron chi connectivity index (χ1n) is 9.57. The maximum absolute atomic E-state index is 12.4. The van der Waals surface area contributed by atoms with Crippen LogP contribution in [-0.4, -0.2) is 30.6 Å². The number of carbonyl (C=O) groups is 1. The number of thiazole rings is 1. The van der Waals surface area contributed by atoms with Crippen molar-refractivity contribution in [3.05, 3.63) is 70.6 Å². The Balaban J connectivity index is 1.35. The predicted molar refractivity (Wildman–Crippen MR) is 115 cm³/mol. The maximum Gasteiger partial charge on any atom is 0.263 e. The predicted octanol–water partition coefficient (Wildman–Crippen LogP) is 3.49. The van der Waals surface area contributed by atoms with Crippen LogP contribution in [0.25, 0.3) is 11.3 Å². The van der Waals surface area contributed by atoms with Gasteiger partial charge in [0.05, 0.1) is 35.3 Å². The normalized spacial score (nSPS) is 15.0. The molecule has 2 N–H and O–H groups in total. The SMILES string of the molecule is Cn1cc(Nc2nccc(-c3ccc4c(c3)CCC4NC(=O)c3cncs3)n2)cn1. The van der Waals surface area contributed by atoms with Gasteiger partial charge in [-0.1, -0.05) is 12.1 Å². The molecule has 0 spiro atoms. The average Bonchev–Trinajstić information content (AvgIpc) is 3.50. The molecule has 3 aromatic heterocycles. The van der Waals surface area contributed by atoms with Gasteiger partial charge in [0.15, 0.2) is 0 Å². The van der Waals surface area contributed by atoms with E-state index in [0.29, 0.717) is 10.8 Å². The number of carbonyl (C=O) groups excluding carboxylic acids is 1. The number of anilines is 2. The van der Waals surface area contributed by atoms with Gasteiger partial charge in [-0.25, -0.2) is 9.97 Å². The van der Waals surface area contributed by atoms with Crippen LogP contribution < -0.4 is 10.6 Å². The average molecular weight is 417 g/mol. The van der Waals surface area contributed by atoms with Crippen LogP contribution in [0.15, 0.2) is 54.6 Å². The van der Waals surface area contributed by atoms with Gasteiger partial charge in [0.25, 0.3) is 5.91 Å². The van der Waals surface area contributed by atoms with Gasteiger partial charge < -0.3 is 10.6 Å². The quantitative estimate of drug-likeness (QED) is 0.516. The summed E-state index contributed by atoms with van der Waals surface area (Å²) in [5.41, 5.74) is 6.78. The van der Waals surface area contributed by atoms with Crippen molar-refractivity contribution in [1.82, 2.24) is 30.0 Å². The summed E-state index contributed by atoms with van der Waals surface area (Å²) in [5.74, 6) is 0.456. The molecule has 1 aromatic carbocycles. The molecular weight excluding hydrogens is 398 g/mol. The van der Waals surface area contributed by atoms with Gasteiger partial charge in [-0.2, -0.15) is 5.10 Å². The van der Waals surface area contributed by atoms with Gasteiger partial charge in [0.2, 0.25) is 5.95 Å². The van der Waals surface area contributed by atoms with Crippen LogP contribution in [0.1, 0.15) is 33.3 Å². The van der Waals surface area contributed by atoms with E-state index in [4.69, 9.17) is 0 Å². The minimum Gasteiger partial charge on any atom is -0.344 e. The number of rotatable bonds is 5. The summed E-state index contributed by atoms with van der Waals surface area (Å²) in [5, 5.41) is 10.4. The molecule has 0 radical (unpaired) electrons. The van der Waals surface area contributed by atoms with Crippen molar-refractivity contribution in [1.29, 1.82) is 0 Å². The molecule has 0 bridgehead atoms. The van der Waals surface area contributed by atoms with E-state index in [9.17, 15) is 4.79 Å². The summed E-state index contributed by atoms with van der Waals surface area (Å²) in [7, 11) is 1.86. The Morgan fingerprint density at radius 3 is 3.00 bits per heavy atom. The smallest absolute Gasteiger partial charge is 0.263 e. The molecule has 5 rings (SSSR count). The number of amides is 1. The molecule has 4 aromatic rings. The van der Waals surface area contributed by atoms with E-state index in [1.165, 1.54) is 22.5 Å². The second kappa shape index (κ2) is 7.68. The summed E-state index contributed by atoms with van der Waals surface area (Å²) in [6.45, 7) is 0. The first-order chi connectivity index (χ1) is 14.7. The monoisotopic (exact) mass is 417 g/mol. The van der Waals surface area contributed by atoms with Gasteiger partial charge in [-0.15, -0.1) is 11.3 Å². The molecule has 0 saturated heterocycles. The van der Waals surface area contributed by atoms with Crippen molar-refractivity contribution in [2.45, 2.75) is 18.9 Å². The van der Waals surface area contributed by atoms with Crippen LogP contribution >= 0.6 is 11.3 Å². The van der Waals surface area contributed by atoms with Crippen molar-refractivity contribution < 1.29 is 4.79 Å². The molecule has 0 fully saturated rings. The van der Waals surface area contributed by atoms with E-state index in [1.807, 2.05) is 25.4 Å². The van der Waals surface area contributed by atoms with E-state index in [0.717, 1.165) is 29.8 Å². The molecule has 150 valence electrons. The van der Waals surface area contributed by atoms with Crippen LogP contribution in [0.4, 0.5) is 11.6 Å². The summed E-state index contributed by atoms with van der Waals surface area (Å²) in [6.07, 6.45) is 8.75. The van der Waals surface area contributed by atoms with Gasteiger partial charge >= 0.3 is 0 Å². The molecule has 0 saturated carbocycles. The van der Waals surface area contributed by atoms with Crippen molar-refractivity contribution >= 4 is 28.9 Å². The van der Waals surface area contributed by atoms with Gasteiger partial charge in [0, 0.05) is 25.0 Å². The zero-order chi connectivity index (χ0) is 20.5. The zero-order valence-electron chi connectivity index (χ0n) is 16.2. The Hall–Kier alpha value is -3.59. The molecule has 1 aliphatic rings. The largest absolute Gasteiger partial charge is 0.344 e. The Kier molecular flexibility index (Phi) is 4.72. The lowest BCUT2D eigenvalue weighted by atomic mass is 10.0. The fraction of sp³-hybridized carbons (Fsp3) is 0.190. The van der Waals surface area contributed by atoms with Crippen LogP contribution in [0, 0.1) is 0 Å². The number of hydrogen-bond acceptors (Lipinski definition) is 7. The molecule has 1 unspecified atom stereocenters. The molecule has 1 amide bonds. The Labute approximate surface area is 177 Å². The molecule has 9 heteroatoms. The van der Waals surface area contributed by atoms with E-state index < -0.39 is 0 Å². The van der Waals surface area contributed by atoms with E-state index in [-0.39, 0.29) is 11.9 Å². The standard InChI is InChI=1S/C21H19N7OS/c1-28-11-15(9-24-28)25-21-23-7-6-17(27-21)14-2-4-16-13(8-14)3-5-18(16)26-20(29)19-10-22-12-30-19/h2,4,6-12,18H,3,5H2,1H3,(H,26,29)(H,23,25,27). The lowest BCUT2D eigenvalue weighted by Gasteiger charge is -2.14. The number of hydrogen-bond donors (Lipinski definition) is 2. The molecule has 30 heavy (non-hydrogen) atoms. The fourth-order valence-electron chi connectivity index (χ4n) is 3.68. The van der Waals surface area contributed by atoms with Crippen LogP contribution in [0.3, 0.4) is 0 Å². The number of aromatic nitrogens is 5. The Morgan fingerprint density at radius 2 is 2.20 bits per heavy atom. The number of nitrogens with one attached hydrogen (secondary N) is 2. The molecule has 8 nitrogen and oxygen atoms in total. The van der Waals surface area contributed by atoms with Gasteiger partial charge in [-0.3, -0.25) is 14.5 Å².